The number of hydrogen-bond acceptors (Lipinski definition) is 3. The molecule has 98 valence electrons. The molecule has 0 bridgehead atoms. The third kappa shape index (κ3) is 4.64. The van der Waals surface area contributed by atoms with Gasteiger partial charge in [-0.2, -0.15) is 0 Å². The number of likely N-dealkylation sites (tertiary alicyclic amines) is 1. The Bertz CT molecular complexity index is 287. The number of carbonyl (C=O) groups is 2. The van der Waals surface area contributed by atoms with Gasteiger partial charge in [-0.05, 0) is 19.4 Å². The molecule has 1 unspecified atom stereocenters. The fourth-order valence-electron chi connectivity index (χ4n) is 1.94. The minimum atomic E-state index is -2.65. The van der Waals surface area contributed by atoms with E-state index in [1.165, 1.54) is 0 Å². The summed E-state index contributed by atoms with van der Waals surface area (Å²) < 4.78 is 26.2. The van der Waals surface area contributed by atoms with Gasteiger partial charge in [0.2, 0.25) is 12.3 Å². The number of hydrogen-bond donors (Lipinski definition) is 2. The summed E-state index contributed by atoms with van der Waals surface area (Å²) in [7, 11) is 0. The van der Waals surface area contributed by atoms with Gasteiger partial charge in [0.05, 0.1) is 6.54 Å². The minimum Gasteiger partial charge on any atom is -0.368 e. The first kappa shape index (κ1) is 13.8. The lowest BCUT2D eigenvalue weighted by Crippen LogP contribution is -2.47. The van der Waals surface area contributed by atoms with Crippen molar-refractivity contribution in [1.82, 2.24) is 10.2 Å². The summed E-state index contributed by atoms with van der Waals surface area (Å²) >= 11 is 0. The SMILES string of the molecule is NC(=O)C(CCN1CCCC(F)(F)C1)NC=O. The van der Waals surface area contributed by atoms with Crippen molar-refractivity contribution in [3.05, 3.63) is 0 Å². The van der Waals surface area contributed by atoms with Crippen LogP contribution < -0.4 is 11.1 Å². The van der Waals surface area contributed by atoms with E-state index < -0.39 is 17.9 Å². The van der Waals surface area contributed by atoms with Gasteiger partial charge in [-0.15, -0.1) is 0 Å². The number of carbonyl (C=O) groups excluding carboxylic acids is 2. The molecule has 0 aromatic rings. The molecule has 0 spiro atoms. The molecule has 0 aromatic heterocycles. The molecule has 0 aromatic carbocycles. The van der Waals surface area contributed by atoms with Crippen LogP contribution in [0.2, 0.25) is 0 Å². The van der Waals surface area contributed by atoms with Crippen LogP contribution in [0.25, 0.3) is 0 Å². The van der Waals surface area contributed by atoms with E-state index in [1.54, 1.807) is 4.90 Å². The summed E-state index contributed by atoms with van der Waals surface area (Å²) in [5.41, 5.74) is 5.06. The highest BCUT2D eigenvalue weighted by Gasteiger charge is 2.35. The van der Waals surface area contributed by atoms with Crippen molar-refractivity contribution in [2.45, 2.75) is 31.2 Å². The second kappa shape index (κ2) is 5.90. The van der Waals surface area contributed by atoms with Gasteiger partial charge < -0.3 is 11.1 Å². The van der Waals surface area contributed by atoms with Gasteiger partial charge >= 0.3 is 0 Å². The summed E-state index contributed by atoms with van der Waals surface area (Å²) in [6, 6.07) is -0.789. The fourth-order valence-corrected chi connectivity index (χ4v) is 1.94. The summed E-state index contributed by atoms with van der Waals surface area (Å²) in [6.45, 7) is 0.617. The number of nitrogens with zero attached hydrogens (tertiary/aromatic N) is 1. The highest BCUT2D eigenvalue weighted by Crippen LogP contribution is 2.26. The van der Waals surface area contributed by atoms with Gasteiger partial charge in [-0.3, -0.25) is 14.5 Å². The highest BCUT2D eigenvalue weighted by molar-refractivity contribution is 5.81. The van der Waals surface area contributed by atoms with Crippen LogP contribution in [0.4, 0.5) is 8.78 Å². The predicted molar refractivity (Wildman–Crippen MR) is 57.4 cm³/mol. The minimum absolute atomic E-state index is 0.0880. The van der Waals surface area contributed by atoms with Crippen LogP contribution in [0.3, 0.4) is 0 Å². The Labute approximate surface area is 98.3 Å². The highest BCUT2D eigenvalue weighted by atomic mass is 19.3. The van der Waals surface area contributed by atoms with Gasteiger partial charge in [-0.1, -0.05) is 0 Å². The van der Waals surface area contributed by atoms with Gasteiger partial charge in [0.1, 0.15) is 6.04 Å². The number of rotatable bonds is 6. The van der Waals surface area contributed by atoms with E-state index in [1.807, 2.05) is 0 Å². The number of piperidine rings is 1. The maximum atomic E-state index is 13.1. The lowest BCUT2D eigenvalue weighted by molar-refractivity contribution is -0.123. The zero-order valence-electron chi connectivity index (χ0n) is 9.49. The topological polar surface area (TPSA) is 75.4 Å². The molecule has 2 amide bonds. The fraction of sp³-hybridized carbons (Fsp3) is 0.800. The van der Waals surface area contributed by atoms with Gasteiger partial charge in [0.15, 0.2) is 0 Å². The molecule has 7 heteroatoms. The molecule has 0 saturated carbocycles. The molecule has 1 atom stereocenters. The largest absolute Gasteiger partial charge is 0.368 e. The smallest absolute Gasteiger partial charge is 0.260 e. The van der Waals surface area contributed by atoms with Crippen molar-refractivity contribution in [2.75, 3.05) is 19.6 Å². The summed E-state index contributed by atoms with van der Waals surface area (Å²) in [5.74, 6) is -3.31. The van der Waals surface area contributed by atoms with Crippen LogP contribution in [0.1, 0.15) is 19.3 Å². The van der Waals surface area contributed by atoms with E-state index in [9.17, 15) is 18.4 Å². The molecule has 1 heterocycles. The van der Waals surface area contributed by atoms with Crippen molar-refractivity contribution in [2.24, 2.45) is 5.73 Å². The quantitative estimate of drug-likeness (QED) is 0.635. The van der Waals surface area contributed by atoms with Crippen molar-refractivity contribution in [1.29, 1.82) is 0 Å². The molecule has 3 N–H and O–H groups in total. The van der Waals surface area contributed by atoms with Crippen molar-refractivity contribution >= 4 is 12.3 Å². The van der Waals surface area contributed by atoms with Crippen LogP contribution >= 0.6 is 0 Å². The van der Waals surface area contributed by atoms with Gasteiger partial charge in [0.25, 0.3) is 5.92 Å². The monoisotopic (exact) mass is 249 g/mol. The molecule has 5 nitrogen and oxygen atoms in total. The average molecular weight is 249 g/mol. The first-order valence-corrected chi connectivity index (χ1v) is 5.54. The Morgan fingerprint density at radius 1 is 1.59 bits per heavy atom. The van der Waals surface area contributed by atoms with Gasteiger partial charge in [-0.25, -0.2) is 8.78 Å². The Morgan fingerprint density at radius 2 is 2.29 bits per heavy atom. The van der Waals surface area contributed by atoms with Crippen molar-refractivity contribution < 1.29 is 18.4 Å². The second-order valence-electron chi connectivity index (χ2n) is 4.26. The summed E-state index contributed by atoms with van der Waals surface area (Å²) in [4.78, 5) is 22.7. The van der Waals surface area contributed by atoms with Crippen LogP contribution in [0.15, 0.2) is 0 Å². The molecule has 0 aliphatic carbocycles. The predicted octanol–water partition coefficient (Wildman–Crippen LogP) is -0.293. The Hall–Kier alpha value is -1.24. The number of nitrogens with two attached hydrogens (primary N) is 1. The average Bonchev–Trinajstić information content (AvgIpc) is 2.22. The Morgan fingerprint density at radius 3 is 2.82 bits per heavy atom. The van der Waals surface area contributed by atoms with E-state index in [4.69, 9.17) is 5.73 Å². The zero-order valence-corrected chi connectivity index (χ0v) is 9.49. The molecular formula is C10H17F2N3O2. The first-order valence-electron chi connectivity index (χ1n) is 5.54. The maximum absolute atomic E-state index is 13.1. The number of halogens is 2. The number of alkyl halides is 2. The van der Waals surface area contributed by atoms with Crippen LogP contribution in [-0.4, -0.2) is 48.8 Å². The first-order chi connectivity index (χ1) is 7.94. The zero-order chi connectivity index (χ0) is 12.9. The Balaban J connectivity index is 2.38. The Kier molecular flexibility index (Phi) is 4.80. The number of amides is 2. The van der Waals surface area contributed by atoms with Gasteiger partial charge in [0, 0.05) is 13.0 Å². The molecule has 0 radical (unpaired) electrons. The van der Waals surface area contributed by atoms with Crippen LogP contribution in [0.5, 0.6) is 0 Å². The van der Waals surface area contributed by atoms with E-state index in [2.05, 4.69) is 5.32 Å². The van der Waals surface area contributed by atoms with E-state index in [-0.39, 0.29) is 19.4 Å². The number of nitrogens with one attached hydrogen (secondary N) is 1. The number of primary amides is 1. The third-order valence-electron chi connectivity index (χ3n) is 2.82. The normalized spacial score (nSPS) is 21.8. The summed E-state index contributed by atoms with van der Waals surface area (Å²) in [5, 5.41) is 2.27. The third-order valence-corrected chi connectivity index (χ3v) is 2.82. The standard InChI is InChI=1S/C10H17F2N3O2/c11-10(12)3-1-4-15(6-10)5-2-8(9(13)17)14-7-16/h7-8H,1-6H2,(H2,13,17)(H,14,16). The molecule has 1 rings (SSSR count). The second-order valence-corrected chi connectivity index (χ2v) is 4.26. The summed E-state index contributed by atoms with van der Waals surface area (Å²) in [6.07, 6.45) is 0.995. The van der Waals surface area contributed by atoms with Crippen molar-refractivity contribution in [3.63, 3.8) is 0 Å². The van der Waals surface area contributed by atoms with Crippen molar-refractivity contribution in [3.8, 4) is 0 Å². The van der Waals surface area contributed by atoms with E-state index >= 15 is 0 Å². The molecule has 1 fully saturated rings. The maximum Gasteiger partial charge on any atom is 0.260 e. The lowest BCUT2D eigenvalue weighted by Gasteiger charge is -2.32. The van der Waals surface area contributed by atoms with E-state index in [0.29, 0.717) is 25.9 Å². The van der Waals surface area contributed by atoms with Crippen LogP contribution in [0, 0.1) is 0 Å². The molecule has 17 heavy (non-hydrogen) atoms. The van der Waals surface area contributed by atoms with Crippen LogP contribution in [-0.2, 0) is 9.59 Å². The molecule has 1 saturated heterocycles. The molecular weight excluding hydrogens is 232 g/mol. The molecule has 1 aliphatic heterocycles. The lowest BCUT2D eigenvalue weighted by atomic mass is 10.1. The molecule has 1 aliphatic rings. The van der Waals surface area contributed by atoms with E-state index in [0.717, 1.165) is 0 Å².